The molecule has 0 spiro atoms. The van der Waals surface area contributed by atoms with E-state index in [2.05, 4.69) is 34.9 Å². The summed E-state index contributed by atoms with van der Waals surface area (Å²) in [5.41, 5.74) is 2.59. The molecule has 0 bridgehead atoms. The average molecular weight is 198 g/mol. The maximum absolute atomic E-state index is 3.05. The van der Waals surface area contributed by atoms with Crippen LogP contribution >= 0.6 is 0 Å². The van der Waals surface area contributed by atoms with Crippen molar-refractivity contribution in [2.45, 2.75) is 6.42 Å². The van der Waals surface area contributed by atoms with Gasteiger partial charge in [-0.25, -0.2) is 0 Å². The first-order valence-corrected chi connectivity index (χ1v) is 5.02. The SMILES string of the molecule is C1=CNC=CC(CC2=CC=CNC=C2)=C1. The molecular weight excluding hydrogens is 184 g/mol. The first kappa shape index (κ1) is 9.59. The van der Waals surface area contributed by atoms with E-state index in [1.165, 1.54) is 11.1 Å². The van der Waals surface area contributed by atoms with Crippen LogP contribution < -0.4 is 10.6 Å². The van der Waals surface area contributed by atoms with Crippen molar-refractivity contribution in [3.63, 3.8) is 0 Å². The van der Waals surface area contributed by atoms with Crippen molar-refractivity contribution < 1.29 is 0 Å². The average Bonchev–Trinajstić information content (AvgIpc) is 2.63. The number of hydrogen-bond donors (Lipinski definition) is 2. The monoisotopic (exact) mass is 198 g/mol. The molecule has 2 aliphatic heterocycles. The fourth-order valence-electron chi connectivity index (χ4n) is 1.46. The molecule has 0 aromatic rings. The molecule has 0 aromatic heterocycles. The minimum atomic E-state index is 0.949. The van der Waals surface area contributed by atoms with Crippen LogP contribution in [0.25, 0.3) is 0 Å². The van der Waals surface area contributed by atoms with E-state index in [4.69, 9.17) is 0 Å². The molecule has 0 fully saturated rings. The summed E-state index contributed by atoms with van der Waals surface area (Å²) in [6.07, 6.45) is 21.1. The Labute approximate surface area is 90.1 Å². The lowest BCUT2D eigenvalue weighted by Gasteiger charge is -2.01. The summed E-state index contributed by atoms with van der Waals surface area (Å²) in [4.78, 5) is 0. The molecule has 0 aliphatic carbocycles. The predicted molar refractivity (Wildman–Crippen MR) is 63.6 cm³/mol. The van der Waals surface area contributed by atoms with Crippen LogP contribution in [0.5, 0.6) is 0 Å². The Kier molecular flexibility index (Phi) is 3.23. The number of rotatable bonds is 2. The van der Waals surface area contributed by atoms with Crippen molar-refractivity contribution >= 4 is 0 Å². The maximum atomic E-state index is 3.05. The maximum Gasteiger partial charge on any atom is 0.000729 e. The molecule has 76 valence electrons. The molecule has 15 heavy (non-hydrogen) atoms. The molecule has 0 saturated carbocycles. The highest BCUT2D eigenvalue weighted by molar-refractivity contribution is 5.36. The first-order valence-electron chi connectivity index (χ1n) is 5.02. The number of allylic oxidation sites excluding steroid dienone is 8. The Morgan fingerprint density at radius 2 is 1.27 bits per heavy atom. The van der Waals surface area contributed by atoms with Crippen molar-refractivity contribution in [3.05, 3.63) is 72.4 Å². The first-order chi connectivity index (χ1) is 7.45. The Morgan fingerprint density at radius 1 is 0.733 bits per heavy atom. The Balaban J connectivity index is 2.07. The highest BCUT2D eigenvalue weighted by Gasteiger charge is 1.98. The van der Waals surface area contributed by atoms with Crippen molar-refractivity contribution in [1.82, 2.24) is 10.6 Å². The third-order valence-electron chi connectivity index (χ3n) is 2.20. The van der Waals surface area contributed by atoms with Crippen LogP contribution in [-0.2, 0) is 0 Å². The normalized spacial score (nSPS) is 18.4. The molecule has 0 saturated heterocycles. The third-order valence-corrected chi connectivity index (χ3v) is 2.20. The van der Waals surface area contributed by atoms with Gasteiger partial charge in [-0.3, -0.25) is 0 Å². The minimum absolute atomic E-state index is 0.949. The highest BCUT2D eigenvalue weighted by Crippen LogP contribution is 2.15. The topological polar surface area (TPSA) is 24.1 Å². The third kappa shape index (κ3) is 3.02. The van der Waals surface area contributed by atoms with E-state index >= 15 is 0 Å². The van der Waals surface area contributed by atoms with Gasteiger partial charge in [-0.1, -0.05) is 12.2 Å². The molecule has 0 amide bonds. The van der Waals surface area contributed by atoms with Gasteiger partial charge in [0.1, 0.15) is 0 Å². The van der Waals surface area contributed by atoms with Crippen LogP contribution in [0.2, 0.25) is 0 Å². The molecule has 2 N–H and O–H groups in total. The van der Waals surface area contributed by atoms with E-state index in [-0.39, 0.29) is 0 Å². The van der Waals surface area contributed by atoms with Crippen LogP contribution in [0.1, 0.15) is 6.42 Å². The quantitative estimate of drug-likeness (QED) is 0.712. The molecular formula is C13H14N2. The van der Waals surface area contributed by atoms with Gasteiger partial charge < -0.3 is 10.6 Å². The largest absolute Gasteiger partial charge is 0.368 e. The summed E-state index contributed by atoms with van der Waals surface area (Å²) in [5.74, 6) is 0. The van der Waals surface area contributed by atoms with Crippen LogP contribution in [-0.4, -0.2) is 0 Å². The van der Waals surface area contributed by atoms with Crippen molar-refractivity contribution in [2.75, 3.05) is 0 Å². The van der Waals surface area contributed by atoms with Crippen LogP contribution in [0.3, 0.4) is 0 Å². The van der Waals surface area contributed by atoms with Gasteiger partial charge in [0.25, 0.3) is 0 Å². The predicted octanol–water partition coefficient (Wildman–Crippen LogP) is 2.49. The minimum Gasteiger partial charge on any atom is -0.368 e. The van der Waals surface area contributed by atoms with Gasteiger partial charge in [-0.15, -0.1) is 0 Å². The Hall–Kier alpha value is -1.96. The van der Waals surface area contributed by atoms with E-state index in [0.717, 1.165) is 6.42 Å². The summed E-state index contributed by atoms with van der Waals surface area (Å²) in [6.45, 7) is 0. The van der Waals surface area contributed by atoms with E-state index in [9.17, 15) is 0 Å². The van der Waals surface area contributed by atoms with Crippen LogP contribution in [0.15, 0.2) is 72.4 Å². The summed E-state index contributed by atoms with van der Waals surface area (Å²) in [7, 11) is 0. The lowest BCUT2D eigenvalue weighted by molar-refractivity contribution is 1.16. The van der Waals surface area contributed by atoms with Crippen LogP contribution in [0.4, 0.5) is 0 Å². The smallest absolute Gasteiger partial charge is 0.000729 e. The second-order valence-corrected chi connectivity index (χ2v) is 3.38. The molecule has 0 aromatic carbocycles. The Bertz CT molecular complexity index is 355. The zero-order valence-electron chi connectivity index (χ0n) is 8.48. The fraction of sp³-hybridized carbons (Fsp3) is 0.0769. The van der Waals surface area contributed by atoms with Crippen molar-refractivity contribution in [3.8, 4) is 0 Å². The van der Waals surface area contributed by atoms with E-state index in [1.54, 1.807) is 0 Å². The summed E-state index contributed by atoms with van der Waals surface area (Å²) in [5, 5.41) is 6.10. The second-order valence-electron chi connectivity index (χ2n) is 3.38. The fourth-order valence-corrected chi connectivity index (χ4v) is 1.46. The number of nitrogens with one attached hydrogen (secondary N) is 2. The molecule has 0 unspecified atom stereocenters. The van der Waals surface area contributed by atoms with Gasteiger partial charge in [0.2, 0.25) is 0 Å². The van der Waals surface area contributed by atoms with Gasteiger partial charge in [0, 0.05) is 24.8 Å². The standard InChI is InChI=1S/C13H14N2/c1-3-12(5-9-14-7-1)11-13-4-2-8-15-10-6-13/h1-10,14-15H,11H2. The van der Waals surface area contributed by atoms with Gasteiger partial charge in [0.15, 0.2) is 0 Å². The van der Waals surface area contributed by atoms with E-state index in [0.29, 0.717) is 0 Å². The number of hydrogen-bond acceptors (Lipinski definition) is 2. The summed E-state index contributed by atoms with van der Waals surface area (Å²) < 4.78 is 0. The summed E-state index contributed by atoms with van der Waals surface area (Å²) in [6, 6.07) is 0. The molecule has 2 heteroatoms. The zero-order valence-corrected chi connectivity index (χ0v) is 8.48. The van der Waals surface area contributed by atoms with Gasteiger partial charge in [0.05, 0.1) is 0 Å². The van der Waals surface area contributed by atoms with Gasteiger partial charge >= 0.3 is 0 Å². The summed E-state index contributed by atoms with van der Waals surface area (Å²) >= 11 is 0. The van der Waals surface area contributed by atoms with Crippen molar-refractivity contribution in [1.29, 1.82) is 0 Å². The molecule has 2 rings (SSSR count). The van der Waals surface area contributed by atoms with Crippen LogP contribution in [0, 0.1) is 0 Å². The molecule has 2 nitrogen and oxygen atoms in total. The molecule has 2 aliphatic rings. The molecule has 0 atom stereocenters. The van der Waals surface area contributed by atoms with Gasteiger partial charge in [-0.2, -0.15) is 0 Å². The lowest BCUT2D eigenvalue weighted by Crippen LogP contribution is -1.90. The Morgan fingerprint density at radius 3 is 1.80 bits per heavy atom. The van der Waals surface area contributed by atoms with Crippen molar-refractivity contribution in [2.24, 2.45) is 0 Å². The van der Waals surface area contributed by atoms with Gasteiger partial charge in [-0.05, 0) is 41.9 Å². The highest BCUT2D eigenvalue weighted by atomic mass is 14.8. The zero-order chi connectivity index (χ0) is 10.3. The molecule has 2 heterocycles. The molecule has 0 radical (unpaired) electrons. The van der Waals surface area contributed by atoms with E-state index < -0.39 is 0 Å². The van der Waals surface area contributed by atoms with E-state index in [1.807, 2.05) is 37.0 Å². The lowest BCUT2D eigenvalue weighted by atomic mass is 10.0. The second kappa shape index (κ2) is 5.05.